The third-order valence-corrected chi connectivity index (χ3v) is 12.4. The lowest BCUT2D eigenvalue weighted by atomic mass is 9.96. The fourth-order valence-electron chi connectivity index (χ4n) is 4.76. The average Bonchev–Trinajstić information content (AvgIpc) is 3.77. The van der Waals surface area contributed by atoms with Crippen LogP contribution >= 0.6 is 56.7 Å². The maximum Gasteiger partial charge on any atom is 0.0549 e. The topological polar surface area (TPSA) is 0 Å². The van der Waals surface area contributed by atoms with E-state index in [2.05, 4.69) is 61.9 Å². The Bertz CT molecular complexity index is 1550. The standard InChI is InChI=1S/C28H28S5.3C2H6/c1-16(2)5-4-6-17(3)7-8-18-9-10-22(31-18)21-15-30-27-20-13-19-24(14-25(20)33-28(21)27)32-23-11-12-29-26(19)23;3*1-2/h9-17H,4-8H2,1-3H3;3*1-2H3. The van der Waals surface area contributed by atoms with Crippen molar-refractivity contribution in [2.45, 2.75) is 94.4 Å². The van der Waals surface area contributed by atoms with Crippen LogP contribution in [0.4, 0.5) is 0 Å². The second-order valence-corrected chi connectivity index (χ2v) is 14.8. The number of benzene rings is 1. The third-order valence-electron chi connectivity index (χ3n) is 6.67. The summed E-state index contributed by atoms with van der Waals surface area (Å²) < 4.78 is 8.69. The number of rotatable bonds is 8. The van der Waals surface area contributed by atoms with Gasteiger partial charge in [-0.15, -0.1) is 56.7 Å². The van der Waals surface area contributed by atoms with Gasteiger partial charge in [0.1, 0.15) is 0 Å². The van der Waals surface area contributed by atoms with Gasteiger partial charge in [0.15, 0.2) is 0 Å². The highest BCUT2D eigenvalue weighted by molar-refractivity contribution is 7.34. The minimum Gasteiger partial charge on any atom is -0.142 e. The molecular weight excluding hydrogens is 569 g/mol. The summed E-state index contributed by atoms with van der Waals surface area (Å²) in [5, 5.41) is 7.49. The summed E-state index contributed by atoms with van der Waals surface area (Å²) in [5.74, 6) is 1.66. The van der Waals surface area contributed by atoms with Crippen molar-refractivity contribution in [1.29, 1.82) is 0 Å². The Balaban J connectivity index is 0.000000657. The van der Waals surface area contributed by atoms with Crippen molar-refractivity contribution in [2.24, 2.45) is 11.8 Å². The van der Waals surface area contributed by atoms with Crippen LogP contribution in [0.25, 0.3) is 49.4 Å². The van der Waals surface area contributed by atoms with E-state index in [1.54, 1.807) is 4.88 Å². The molecule has 0 N–H and O–H groups in total. The fourth-order valence-corrected chi connectivity index (χ4v) is 10.8. The largest absolute Gasteiger partial charge is 0.142 e. The molecule has 5 aromatic heterocycles. The molecule has 0 bridgehead atoms. The minimum absolute atomic E-state index is 0.827. The Labute approximate surface area is 256 Å². The predicted molar refractivity (Wildman–Crippen MR) is 192 cm³/mol. The lowest BCUT2D eigenvalue weighted by Gasteiger charge is -2.11. The second kappa shape index (κ2) is 15.7. The van der Waals surface area contributed by atoms with E-state index in [-0.39, 0.29) is 0 Å². The van der Waals surface area contributed by atoms with Crippen LogP contribution in [0.3, 0.4) is 0 Å². The first kappa shape index (κ1) is 32.3. The van der Waals surface area contributed by atoms with E-state index in [0.717, 1.165) is 11.8 Å². The van der Waals surface area contributed by atoms with Gasteiger partial charge < -0.3 is 0 Å². The maximum atomic E-state index is 2.46. The predicted octanol–water partition coefficient (Wildman–Crippen LogP) is 14.7. The van der Waals surface area contributed by atoms with Crippen LogP contribution in [-0.2, 0) is 6.42 Å². The molecule has 0 nitrogen and oxygen atoms in total. The van der Waals surface area contributed by atoms with E-state index in [9.17, 15) is 0 Å². The summed E-state index contributed by atoms with van der Waals surface area (Å²) >= 11 is 9.73. The van der Waals surface area contributed by atoms with Gasteiger partial charge in [0.05, 0.1) is 14.1 Å². The highest BCUT2D eigenvalue weighted by Crippen LogP contribution is 2.48. The number of hydrogen-bond donors (Lipinski definition) is 0. The lowest BCUT2D eigenvalue weighted by Crippen LogP contribution is -1.98. The van der Waals surface area contributed by atoms with Crippen molar-refractivity contribution in [3.05, 3.63) is 46.0 Å². The molecule has 0 saturated carbocycles. The number of aryl methyl sites for hydroxylation is 1. The molecule has 0 spiro atoms. The van der Waals surface area contributed by atoms with Crippen LogP contribution in [0.5, 0.6) is 0 Å². The van der Waals surface area contributed by atoms with Crippen LogP contribution in [-0.4, -0.2) is 0 Å². The molecule has 0 aliphatic carbocycles. The molecule has 6 rings (SSSR count). The summed E-state index contributed by atoms with van der Waals surface area (Å²) in [5.41, 5.74) is 1.45. The van der Waals surface area contributed by atoms with Gasteiger partial charge in [0.2, 0.25) is 0 Å². The molecule has 1 unspecified atom stereocenters. The highest BCUT2D eigenvalue weighted by Gasteiger charge is 2.17. The van der Waals surface area contributed by atoms with Gasteiger partial charge in [0, 0.05) is 45.6 Å². The number of hydrogen-bond acceptors (Lipinski definition) is 5. The Kier molecular flexibility index (Phi) is 13.0. The first-order valence-corrected chi connectivity index (χ1v) is 19.1. The highest BCUT2D eigenvalue weighted by atomic mass is 32.1. The molecule has 0 radical (unpaired) electrons. The van der Waals surface area contributed by atoms with Crippen LogP contribution < -0.4 is 0 Å². The van der Waals surface area contributed by atoms with Crippen molar-refractivity contribution < 1.29 is 0 Å². The normalized spacial score (nSPS) is 11.8. The molecule has 0 amide bonds. The van der Waals surface area contributed by atoms with E-state index in [0.29, 0.717) is 0 Å². The molecule has 6 aromatic rings. The van der Waals surface area contributed by atoms with Gasteiger partial charge in [-0.05, 0) is 60.4 Å². The van der Waals surface area contributed by atoms with Crippen molar-refractivity contribution in [3.8, 4) is 10.4 Å². The Morgan fingerprint density at radius 3 is 2.10 bits per heavy atom. The zero-order valence-corrected chi connectivity index (χ0v) is 29.4. The SMILES string of the molecule is CC.CC.CC.CC(C)CCCC(C)CCc1ccc(-c2csc3c2sc2cc4sc5ccsc5c4cc23)s1. The smallest absolute Gasteiger partial charge is 0.0549 e. The summed E-state index contributed by atoms with van der Waals surface area (Å²) in [7, 11) is 0. The second-order valence-electron chi connectivity index (χ2n) is 9.70. The van der Waals surface area contributed by atoms with E-state index >= 15 is 0 Å². The summed E-state index contributed by atoms with van der Waals surface area (Å²) in [4.78, 5) is 2.99. The summed E-state index contributed by atoms with van der Waals surface area (Å²) in [6.07, 6.45) is 6.66. The van der Waals surface area contributed by atoms with E-state index in [1.165, 1.54) is 81.5 Å². The van der Waals surface area contributed by atoms with Crippen molar-refractivity contribution >= 4 is 95.7 Å². The number of thiophene rings is 5. The van der Waals surface area contributed by atoms with Crippen molar-refractivity contribution in [1.82, 2.24) is 0 Å². The van der Waals surface area contributed by atoms with Gasteiger partial charge in [0.25, 0.3) is 0 Å². The molecule has 0 aliphatic rings. The lowest BCUT2D eigenvalue weighted by molar-refractivity contribution is 0.438. The molecule has 1 atom stereocenters. The first-order chi connectivity index (χ1) is 19.1. The van der Waals surface area contributed by atoms with Crippen LogP contribution in [0.1, 0.15) is 92.9 Å². The molecule has 0 saturated heterocycles. The summed E-state index contributed by atoms with van der Waals surface area (Å²) in [6.45, 7) is 19.1. The molecule has 39 heavy (non-hydrogen) atoms. The monoisotopic (exact) mass is 614 g/mol. The Hall–Kier alpha value is -1.24. The first-order valence-electron chi connectivity index (χ1n) is 14.9. The van der Waals surface area contributed by atoms with Gasteiger partial charge in [-0.1, -0.05) is 81.6 Å². The van der Waals surface area contributed by atoms with E-state index in [4.69, 9.17) is 0 Å². The van der Waals surface area contributed by atoms with Crippen LogP contribution in [0.2, 0.25) is 0 Å². The van der Waals surface area contributed by atoms with Gasteiger partial charge >= 0.3 is 0 Å². The van der Waals surface area contributed by atoms with E-state index < -0.39 is 0 Å². The van der Waals surface area contributed by atoms with Crippen molar-refractivity contribution in [2.75, 3.05) is 0 Å². The molecule has 0 aliphatic heterocycles. The Morgan fingerprint density at radius 2 is 1.36 bits per heavy atom. The van der Waals surface area contributed by atoms with Gasteiger partial charge in [-0.25, -0.2) is 0 Å². The Morgan fingerprint density at radius 1 is 0.641 bits per heavy atom. The fraction of sp³-hybridized carbons (Fsp3) is 0.471. The minimum atomic E-state index is 0.827. The van der Waals surface area contributed by atoms with Gasteiger partial charge in [-0.3, -0.25) is 0 Å². The number of fused-ring (bicyclic) bond motifs is 6. The zero-order valence-electron chi connectivity index (χ0n) is 25.3. The maximum absolute atomic E-state index is 2.46. The molecule has 1 aromatic carbocycles. The van der Waals surface area contributed by atoms with Gasteiger partial charge in [-0.2, -0.15) is 0 Å². The molecule has 212 valence electrons. The van der Waals surface area contributed by atoms with Crippen molar-refractivity contribution in [3.63, 3.8) is 0 Å². The summed E-state index contributed by atoms with van der Waals surface area (Å²) in [6, 6.07) is 11.9. The molecule has 5 heterocycles. The zero-order chi connectivity index (χ0) is 28.5. The van der Waals surface area contributed by atoms with Crippen LogP contribution in [0, 0.1) is 11.8 Å². The molecule has 5 heteroatoms. The average molecular weight is 615 g/mol. The quantitative estimate of drug-likeness (QED) is 0.160. The third kappa shape index (κ3) is 7.35. The molecular formula is C34H46S5. The molecule has 0 fully saturated rings. The van der Waals surface area contributed by atoms with E-state index in [1.807, 2.05) is 98.2 Å². The van der Waals surface area contributed by atoms with Crippen LogP contribution in [0.15, 0.2) is 41.1 Å².